The zero-order valence-corrected chi connectivity index (χ0v) is 10.1. The van der Waals surface area contributed by atoms with Gasteiger partial charge >= 0.3 is 0 Å². The Labute approximate surface area is 95.7 Å². The van der Waals surface area contributed by atoms with Crippen LogP contribution in [0.2, 0.25) is 0 Å². The highest BCUT2D eigenvalue weighted by Gasteiger charge is 2.12. The molecular formula is C11H19N3S. The molecule has 1 N–H and O–H groups in total. The minimum atomic E-state index is 0.742. The van der Waals surface area contributed by atoms with Crippen molar-refractivity contribution in [2.45, 2.75) is 36.9 Å². The summed E-state index contributed by atoms with van der Waals surface area (Å²) in [6.07, 6.45) is 9.22. The highest BCUT2D eigenvalue weighted by atomic mass is 32.2. The van der Waals surface area contributed by atoms with Crippen molar-refractivity contribution in [1.82, 2.24) is 14.9 Å². The van der Waals surface area contributed by atoms with Crippen LogP contribution in [0.25, 0.3) is 0 Å². The molecule has 1 fully saturated rings. The van der Waals surface area contributed by atoms with E-state index in [0.717, 1.165) is 11.2 Å². The molecule has 2 heterocycles. The van der Waals surface area contributed by atoms with E-state index in [4.69, 9.17) is 0 Å². The lowest BCUT2D eigenvalue weighted by Gasteiger charge is -2.22. The number of nitrogens with zero attached hydrogens (tertiary/aromatic N) is 2. The third-order valence-electron chi connectivity index (χ3n) is 2.89. The highest BCUT2D eigenvalue weighted by molar-refractivity contribution is 7.99. The quantitative estimate of drug-likeness (QED) is 0.795. The highest BCUT2D eigenvalue weighted by Crippen LogP contribution is 2.18. The van der Waals surface area contributed by atoms with E-state index in [1.807, 2.05) is 31.2 Å². The number of rotatable bonds is 4. The van der Waals surface area contributed by atoms with Gasteiger partial charge in [-0.25, -0.2) is 4.98 Å². The van der Waals surface area contributed by atoms with Crippen LogP contribution < -0.4 is 5.32 Å². The Hall–Kier alpha value is -0.480. The predicted octanol–water partition coefficient (Wildman–Crippen LogP) is 2.04. The van der Waals surface area contributed by atoms with Gasteiger partial charge in [0.25, 0.3) is 0 Å². The van der Waals surface area contributed by atoms with Gasteiger partial charge in [-0.05, 0) is 25.8 Å². The minimum absolute atomic E-state index is 0.742. The van der Waals surface area contributed by atoms with Gasteiger partial charge in [0.1, 0.15) is 0 Å². The number of nitrogens with one attached hydrogen (secondary N) is 1. The number of piperidine rings is 1. The van der Waals surface area contributed by atoms with Crippen molar-refractivity contribution in [2.24, 2.45) is 7.05 Å². The molecule has 3 nitrogen and oxygen atoms in total. The molecule has 0 aliphatic carbocycles. The van der Waals surface area contributed by atoms with Crippen molar-refractivity contribution in [2.75, 3.05) is 12.3 Å². The topological polar surface area (TPSA) is 29.9 Å². The normalized spacial score (nSPS) is 21.8. The average molecular weight is 225 g/mol. The van der Waals surface area contributed by atoms with E-state index in [2.05, 4.69) is 14.9 Å². The molecule has 0 bridgehead atoms. The molecule has 0 aromatic carbocycles. The fraction of sp³-hybridized carbons (Fsp3) is 0.727. The summed E-state index contributed by atoms with van der Waals surface area (Å²) in [5.74, 6) is 1.17. The maximum absolute atomic E-state index is 4.30. The smallest absolute Gasteiger partial charge is 0.167 e. The maximum atomic E-state index is 4.30. The zero-order valence-electron chi connectivity index (χ0n) is 9.28. The van der Waals surface area contributed by atoms with Crippen molar-refractivity contribution in [1.29, 1.82) is 0 Å². The van der Waals surface area contributed by atoms with Gasteiger partial charge in [-0.1, -0.05) is 18.2 Å². The van der Waals surface area contributed by atoms with Crippen molar-refractivity contribution in [3.05, 3.63) is 12.4 Å². The van der Waals surface area contributed by atoms with E-state index in [1.54, 1.807) is 0 Å². The van der Waals surface area contributed by atoms with Crippen LogP contribution in [0, 0.1) is 0 Å². The van der Waals surface area contributed by atoms with Crippen LogP contribution in [0.5, 0.6) is 0 Å². The van der Waals surface area contributed by atoms with Crippen molar-refractivity contribution < 1.29 is 0 Å². The molecule has 1 atom stereocenters. The molecule has 84 valence electrons. The van der Waals surface area contributed by atoms with Crippen LogP contribution >= 0.6 is 11.8 Å². The molecule has 2 rings (SSSR count). The molecule has 0 saturated carbocycles. The second-order valence-electron chi connectivity index (χ2n) is 4.10. The Balaban J connectivity index is 1.68. The molecule has 1 aliphatic rings. The van der Waals surface area contributed by atoms with E-state index in [1.165, 1.54) is 38.0 Å². The first-order valence-corrected chi connectivity index (χ1v) is 6.68. The molecule has 15 heavy (non-hydrogen) atoms. The molecular weight excluding hydrogens is 206 g/mol. The molecule has 0 unspecified atom stereocenters. The molecule has 0 spiro atoms. The summed E-state index contributed by atoms with van der Waals surface area (Å²) >= 11 is 1.86. The third-order valence-corrected chi connectivity index (χ3v) is 3.98. The summed E-state index contributed by atoms with van der Waals surface area (Å²) in [7, 11) is 2.05. The maximum Gasteiger partial charge on any atom is 0.167 e. The monoisotopic (exact) mass is 225 g/mol. The summed E-state index contributed by atoms with van der Waals surface area (Å²) in [5.41, 5.74) is 0. The lowest BCUT2D eigenvalue weighted by atomic mass is 10.0. The Morgan fingerprint density at radius 2 is 2.53 bits per heavy atom. The van der Waals surface area contributed by atoms with Gasteiger partial charge < -0.3 is 9.88 Å². The van der Waals surface area contributed by atoms with Crippen LogP contribution in [0.1, 0.15) is 25.7 Å². The van der Waals surface area contributed by atoms with Gasteiger partial charge in [0, 0.05) is 31.2 Å². The van der Waals surface area contributed by atoms with E-state index >= 15 is 0 Å². The summed E-state index contributed by atoms with van der Waals surface area (Å²) in [6, 6.07) is 0.742. The van der Waals surface area contributed by atoms with Gasteiger partial charge in [0.05, 0.1) is 0 Å². The van der Waals surface area contributed by atoms with Gasteiger partial charge in [0.2, 0.25) is 0 Å². The molecule has 0 radical (unpaired) electrons. The van der Waals surface area contributed by atoms with E-state index in [9.17, 15) is 0 Å². The average Bonchev–Trinajstić information content (AvgIpc) is 2.66. The van der Waals surface area contributed by atoms with E-state index < -0.39 is 0 Å². The Bertz CT molecular complexity index is 292. The molecule has 1 saturated heterocycles. The van der Waals surface area contributed by atoms with Crippen molar-refractivity contribution in [3.8, 4) is 0 Å². The molecule has 1 aromatic heterocycles. The van der Waals surface area contributed by atoms with E-state index in [0.29, 0.717) is 0 Å². The number of aryl methyl sites for hydroxylation is 1. The Kier molecular flexibility index (Phi) is 4.09. The van der Waals surface area contributed by atoms with E-state index in [-0.39, 0.29) is 0 Å². The summed E-state index contributed by atoms with van der Waals surface area (Å²) in [5, 5.41) is 4.70. The summed E-state index contributed by atoms with van der Waals surface area (Å²) in [4.78, 5) is 4.30. The predicted molar refractivity (Wildman–Crippen MR) is 64.2 cm³/mol. The van der Waals surface area contributed by atoms with Crippen molar-refractivity contribution >= 4 is 11.8 Å². The van der Waals surface area contributed by atoms with Crippen molar-refractivity contribution in [3.63, 3.8) is 0 Å². The molecule has 1 aromatic rings. The summed E-state index contributed by atoms with van der Waals surface area (Å²) in [6.45, 7) is 1.21. The van der Waals surface area contributed by atoms with Gasteiger partial charge in [0.15, 0.2) is 5.16 Å². The number of hydrogen-bond donors (Lipinski definition) is 1. The van der Waals surface area contributed by atoms with Gasteiger partial charge in [-0.3, -0.25) is 0 Å². The van der Waals surface area contributed by atoms with Crippen LogP contribution in [0.4, 0.5) is 0 Å². The standard InChI is InChI=1S/C11H19N3S/c1-14-8-7-13-11(14)15-9-5-10-4-2-3-6-12-10/h7-8,10,12H,2-6,9H2,1H3/t10-/m0/s1. The van der Waals surface area contributed by atoms with Gasteiger partial charge in [-0.2, -0.15) is 0 Å². The fourth-order valence-electron chi connectivity index (χ4n) is 1.95. The largest absolute Gasteiger partial charge is 0.329 e. The Morgan fingerprint density at radius 3 is 3.20 bits per heavy atom. The SMILES string of the molecule is Cn1ccnc1SCC[C@@H]1CCCCN1. The van der Waals surface area contributed by atoms with Crippen LogP contribution in [0.15, 0.2) is 17.6 Å². The number of thioether (sulfide) groups is 1. The lowest BCUT2D eigenvalue weighted by Crippen LogP contribution is -2.34. The number of hydrogen-bond acceptors (Lipinski definition) is 3. The first-order chi connectivity index (χ1) is 7.36. The van der Waals surface area contributed by atoms with Crippen LogP contribution in [-0.4, -0.2) is 27.9 Å². The first kappa shape index (κ1) is 11.0. The second kappa shape index (κ2) is 5.56. The molecule has 0 amide bonds. The fourth-order valence-corrected chi connectivity index (χ4v) is 2.94. The molecule has 4 heteroatoms. The third kappa shape index (κ3) is 3.24. The number of imidazole rings is 1. The Morgan fingerprint density at radius 1 is 1.60 bits per heavy atom. The minimum Gasteiger partial charge on any atom is -0.329 e. The molecule has 1 aliphatic heterocycles. The van der Waals surface area contributed by atoms with Crippen LogP contribution in [-0.2, 0) is 7.05 Å². The van der Waals surface area contributed by atoms with Crippen LogP contribution in [0.3, 0.4) is 0 Å². The second-order valence-corrected chi connectivity index (χ2v) is 5.17. The summed E-state index contributed by atoms with van der Waals surface area (Å²) < 4.78 is 2.08. The zero-order chi connectivity index (χ0) is 10.5. The number of aromatic nitrogens is 2. The van der Waals surface area contributed by atoms with Gasteiger partial charge in [-0.15, -0.1) is 0 Å². The lowest BCUT2D eigenvalue weighted by molar-refractivity contribution is 0.394. The first-order valence-electron chi connectivity index (χ1n) is 5.70.